The van der Waals surface area contributed by atoms with E-state index in [4.69, 9.17) is 14.7 Å². The number of hydrogen-bond acceptors (Lipinski definition) is 8. The van der Waals surface area contributed by atoms with E-state index in [0.717, 1.165) is 66.5 Å². The molecule has 2 N–H and O–H groups in total. The van der Waals surface area contributed by atoms with E-state index in [0.29, 0.717) is 17.7 Å². The van der Waals surface area contributed by atoms with Crippen LogP contribution in [0.5, 0.6) is 11.6 Å². The van der Waals surface area contributed by atoms with E-state index in [9.17, 15) is 0 Å². The molecular formula is C30H37N7OS. The van der Waals surface area contributed by atoms with E-state index >= 15 is 0 Å². The normalized spacial score (nSPS) is 13.6. The fraction of sp³-hybridized carbons (Fsp3) is 0.367. The highest BCUT2D eigenvalue weighted by molar-refractivity contribution is 8.00. The molecule has 2 aromatic carbocycles. The van der Waals surface area contributed by atoms with E-state index < -0.39 is 0 Å². The van der Waals surface area contributed by atoms with Crippen LogP contribution in [0.15, 0.2) is 65.8 Å². The molecule has 0 spiro atoms. The van der Waals surface area contributed by atoms with Crippen LogP contribution in [0.25, 0.3) is 11.3 Å². The lowest BCUT2D eigenvalue weighted by Gasteiger charge is -2.29. The van der Waals surface area contributed by atoms with Gasteiger partial charge in [-0.2, -0.15) is 10.1 Å². The molecule has 1 fully saturated rings. The van der Waals surface area contributed by atoms with Crippen molar-refractivity contribution in [3.63, 3.8) is 0 Å². The molecule has 1 saturated heterocycles. The number of benzene rings is 2. The highest BCUT2D eigenvalue weighted by Gasteiger charge is 2.20. The van der Waals surface area contributed by atoms with E-state index in [1.54, 1.807) is 4.68 Å². The zero-order valence-electron chi connectivity index (χ0n) is 23.1. The summed E-state index contributed by atoms with van der Waals surface area (Å²) in [5, 5.41) is 7.67. The Morgan fingerprint density at radius 3 is 2.51 bits per heavy atom. The molecule has 0 radical (unpaired) electrons. The van der Waals surface area contributed by atoms with Crippen molar-refractivity contribution < 1.29 is 4.74 Å². The second-order valence-corrected chi connectivity index (χ2v) is 11.1. The molecule has 8 nitrogen and oxygen atoms in total. The fourth-order valence-electron chi connectivity index (χ4n) is 4.82. The van der Waals surface area contributed by atoms with Gasteiger partial charge in [0, 0.05) is 56.2 Å². The molecule has 0 unspecified atom stereocenters. The molecule has 1 aliphatic rings. The summed E-state index contributed by atoms with van der Waals surface area (Å²) in [5.74, 6) is 2.37. The van der Waals surface area contributed by atoms with Crippen molar-refractivity contribution in [2.45, 2.75) is 38.5 Å². The lowest BCUT2D eigenvalue weighted by atomic mass is 9.94. The molecule has 0 aliphatic carbocycles. The average molecular weight is 544 g/mol. The smallest absolute Gasteiger partial charge is 0.237 e. The number of rotatable bonds is 10. The Morgan fingerprint density at radius 2 is 1.82 bits per heavy atom. The van der Waals surface area contributed by atoms with Crippen LogP contribution in [-0.4, -0.2) is 45.9 Å². The first kappa shape index (κ1) is 27.0. The minimum atomic E-state index is 0.503. The quantitative estimate of drug-likeness (QED) is 0.237. The third-order valence-corrected chi connectivity index (χ3v) is 7.43. The zero-order valence-corrected chi connectivity index (χ0v) is 24.0. The van der Waals surface area contributed by atoms with Crippen LogP contribution in [0, 0.1) is 5.92 Å². The van der Waals surface area contributed by atoms with Crippen LogP contribution in [0.3, 0.4) is 0 Å². The maximum atomic E-state index is 6.47. The highest BCUT2D eigenvalue weighted by atomic mass is 32.2. The van der Waals surface area contributed by atoms with Gasteiger partial charge in [-0.1, -0.05) is 45.0 Å². The molecule has 0 saturated carbocycles. The van der Waals surface area contributed by atoms with Gasteiger partial charge in [-0.05, 0) is 60.5 Å². The van der Waals surface area contributed by atoms with Crippen molar-refractivity contribution in [3.05, 3.63) is 72.1 Å². The number of hydrogen-bond donors (Lipinski definition) is 2. The summed E-state index contributed by atoms with van der Waals surface area (Å²) in [4.78, 5) is 13.2. The lowest BCUT2D eigenvalue weighted by molar-refractivity contribution is 0.456. The van der Waals surface area contributed by atoms with Crippen LogP contribution in [0.4, 0.5) is 11.6 Å². The molecule has 204 valence electrons. The summed E-state index contributed by atoms with van der Waals surface area (Å²) in [5.41, 5.74) is 5.51. The Morgan fingerprint density at radius 1 is 1.05 bits per heavy atom. The summed E-state index contributed by atoms with van der Waals surface area (Å²) >= 11 is 1.43. The van der Waals surface area contributed by atoms with Gasteiger partial charge >= 0.3 is 0 Å². The minimum absolute atomic E-state index is 0.503. The standard InChI is InChI=1S/C30H37N7OS/c1-5-26-28(27-9-7-6-8-22(27)18-21(2)3)33-30(35-39-25-19-32-36(4)20-25)34-29(26)38-24-12-10-23(11-13-24)37-16-14-31-15-17-37/h6-13,19-21,31H,5,14-18H2,1-4H3,(H,33,34,35). The molecule has 2 aromatic heterocycles. The first-order valence-corrected chi connectivity index (χ1v) is 14.5. The van der Waals surface area contributed by atoms with Gasteiger partial charge < -0.3 is 15.0 Å². The summed E-state index contributed by atoms with van der Waals surface area (Å²) < 4.78 is 11.6. The van der Waals surface area contributed by atoms with Gasteiger partial charge in [0.25, 0.3) is 0 Å². The summed E-state index contributed by atoms with van der Waals surface area (Å²) in [6.07, 6.45) is 5.48. The highest BCUT2D eigenvalue weighted by Crippen LogP contribution is 2.36. The molecule has 1 aliphatic heterocycles. The van der Waals surface area contributed by atoms with E-state index in [1.165, 1.54) is 23.2 Å². The molecule has 0 bridgehead atoms. The van der Waals surface area contributed by atoms with Crippen LogP contribution >= 0.6 is 11.9 Å². The first-order valence-electron chi connectivity index (χ1n) is 13.6. The minimum Gasteiger partial charge on any atom is -0.439 e. The number of nitrogens with zero attached hydrogens (tertiary/aromatic N) is 5. The summed E-state index contributed by atoms with van der Waals surface area (Å²) in [6.45, 7) is 10.6. The third-order valence-electron chi connectivity index (χ3n) is 6.70. The number of piperazine rings is 1. The van der Waals surface area contributed by atoms with Gasteiger partial charge in [-0.25, -0.2) is 4.98 Å². The summed E-state index contributed by atoms with van der Waals surface area (Å²) in [6, 6.07) is 16.8. The molecule has 4 aromatic rings. The van der Waals surface area contributed by atoms with Crippen molar-refractivity contribution in [2.75, 3.05) is 35.8 Å². The molecule has 3 heterocycles. The number of aromatic nitrogens is 4. The van der Waals surface area contributed by atoms with Crippen LogP contribution in [0.2, 0.25) is 0 Å². The molecule has 9 heteroatoms. The second-order valence-electron chi connectivity index (χ2n) is 10.2. The van der Waals surface area contributed by atoms with E-state index in [1.807, 2.05) is 31.6 Å². The van der Waals surface area contributed by atoms with E-state index in [2.05, 4.69) is 77.2 Å². The van der Waals surface area contributed by atoms with Crippen LogP contribution in [-0.2, 0) is 19.9 Å². The topological polar surface area (TPSA) is 80.1 Å². The Bertz CT molecular complexity index is 1380. The maximum Gasteiger partial charge on any atom is 0.237 e. The number of aryl methyl sites for hydroxylation is 1. The van der Waals surface area contributed by atoms with Gasteiger partial charge in [-0.3, -0.25) is 9.40 Å². The zero-order chi connectivity index (χ0) is 27.2. The van der Waals surface area contributed by atoms with Crippen molar-refractivity contribution in [1.82, 2.24) is 25.1 Å². The lowest BCUT2D eigenvalue weighted by Crippen LogP contribution is -2.43. The summed E-state index contributed by atoms with van der Waals surface area (Å²) in [7, 11) is 1.90. The Kier molecular flexibility index (Phi) is 8.68. The van der Waals surface area contributed by atoms with Gasteiger partial charge in [-0.15, -0.1) is 0 Å². The number of ether oxygens (including phenoxy) is 1. The fourth-order valence-corrected chi connectivity index (χ4v) is 5.43. The molecule has 5 rings (SSSR count). The SMILES string of the molecule is CCc1c(Oc2ccc(N3CCNCC3)cc2)nc(NSc2cnn(C)c2)nc1-c1ccccc1CC(C)C. The molecule has 0 atom stereocenters. The second kappa shape index (κ2) is 12.5. The molecular weight excluding hydrogens is 506 g/mol. The van der Waals surface area contributed by atoms with Crippen molar-refractivity contribution in [1.29, 1.82) is 0 Å². The van der Waals surface area contributed by atoms with Gasteiger partial charge in [0.05, 0.1) is 16.8 Å². The van der Waals surface area contributed by atoms with Crippen LogP contribution < -0.4 is 19.7 Å². The van der Waals surface area contributed by atoms with Gasteiger partial charge in [0.15, 0.2) is 0 Å². The first-order chi connectivity index (χ1) is 19.0. The van der Waals surface area contributed by atoms with Crippen LogP contribution in [0.1, 0.15) is 31.9 Å². The molecule has 0 amide bonds. The predicted octanol–water partition coefficient (Wildman–Crippen LogP) is 5.96. The van der Waals surface area contributed by atoms with Crippen molar-refractivity contribution in [2.24, 2.45) is 13.0 Å². The Hall–Kier alpha value is -3.56. The number of anilines is 2. The molecule has 39 heavy (non-hydrogen) atoms. The Labute approximate surface area is 235 Å². The maximum absolute atomic E-state index is 6.47. The predicted molar refractivity (Wildman–Crippen MR) is 160 cm³/mol. The Balaban J connectivity index is 1.50. The van der Waals surface area contributed by atoms with E-state index in [-0.39, 0.29) is 0 Å². The van der Waals surface area contributed by atoms with Crippen molar-refractivity contribution >= 4 is 23.6 Å². The van der Waals surface area contributed by atoms with Crippen molar-refractivity contribution in [3.8, 4) is 22.9 Å². The van der Waals surface area contributed by atoms with Gasteiger partial charge in [0.2, 0.25) is 11.8 Å². The third kappa shape index (κ3) is 6.72. The number of nitrogens with one attached hydrogen (secondary N) is 2. The largest absolute Gasteiger partial charge is 0.439 e. The van der Waals surface area contributed by atoms with Gasteiger partial charge in [0.1, 0.15) is 5.75 Å². The monoisotopic (exact) mass is 543 g/mol. The average Bonchev–Trinajstić information content (AvgIpc) is 3.37.